The molecular formula is C23H17Cl2N3O2. The minimum absolute atomic E-state index is 0.106. The number of hydrogen-bond acceptors (Lipinski definition) is 3. The van der Waals surface area contributed by atoms with Crippen LogP contribution in [0.1, 0.15) is 15.9 Å². The molecule has 4 aromatic rings. The quantitative estimate of drug-likeness (QED) is 0.393. The average molecular weight is 438 g/mol. The van der Waals surface area contributed by atoms with Crippen molar-refractivity contribution in [3.8, 4) is 16.9 Å². The standard InChI is InChI=1S/C23H17Cl2N3O2/c24-18-12-11-17(21(25)13-18)15-30-27-23(29)20-14-28(19-9-5-2-6-10-19)26-22(20)16-7-3-1-4-8-16/h1-14H,15H2,(H,27,29). The molecule has 0 aliphatic heterocycles. The third-order valence-corrected chi connectivity index (χ3v) is 5.02. The third-order valence-electron chi connectivity index (χ3n) is 4.43. The highest BCUT2D eigenvalue weighted by Gasteiger charge is 2.19. The fourth-order valence-electron chi connectivity index (χ4n) is 2.94. The van der Waals surface area contributed by atoms with Gasteiger partial charge in [-0.1, -0.05) is 77.8 Å². The Morgan fingerprint density at radius 2 is 1.67 bits per heavy atom. The van der Waals surface area contributed by atoms with E-state index in [1.165, 1.54) is 0 Å². The molecule has 0 bridgehead atoms. The van der Waals surface area contributed by atoms with E-state index in [0.717, 1.165) is 11.3 Å². The Kier molecular flexibility index (Phi) is 6.14. The minimum atomic E-state index is -0.402. The number of carbonyl (C=O) groups excluding carboxylic acids is 1. The van der Waals surface area contributed by atoms with Crippen LogP contribution >= 0.6 is 23.2 Å². The SMILES string of the molecule is O=C(NOCc1ccc(Cl)cc1Cl)c1cn(-c2ccccc2)nc1-c1ccccc1. The van der Waals surface area contributed by atoms with Gasteiger partial charge in [-0.2, -0.15) is 5.10 Å². The Labute approximate surface area is 183 Å². The van der Waals surface area contributed by atoms with Gasteiger partial charge in [-0.3, -0.25) is 9.63 Å². The molecule has 0 atom stereocenters. The van der Waals surface area contributed by atoms with Crippen LogP contribution in [-0.2, 0) is 11.4 Å². The van der Waals surface area contributed by atoms with Crippen molar-refractivity contribution in [2.45, 2.75) is 6.61 Å². The van der Waals surface area contributed by atoms with E-state index in [0.29, 0.717) is 26.9 Å². The van der Waals surface area contributed by atoms with Crippen LogP contribution in [0, 0.1) is 0 Å². The number of hydrogen-bond donors (Lipinski definition) is 1. The predicted molar refractivity (Wildman–Crippen MR) is 118 cm³/mol. The number of hydroxylamine groups is 1. The molecule has 0 saturated carbocycles. The summed E-state index contributed by atoms with van der Waals surface area (Å²) < 4.78 is 1.67. The summed E-state index contributed by atoms with van der Waals surface area (Å²) in [6, 6.07) is 24.2. The summed E-state index contributed by atoms with van der Waals surface area (Å²) in [5.41, 5.74) is 5.83. The molecule has 1 heterocycles. The maximum Gasteiger partial charge on any atom is 0.278 e. The van der Waals surface area contributed by atoms with Crippen molar-refractivity contribution < 1.29 is 9.63 Å². The maximum absolute atomic E-state index is 12.9. The van der Waals surface area contributed by atoms with Crippen LogP contribution in [-0.4, -0.2) is 15.7 Å². The van der Waals surface area contributed by atoms with Gasteiger partial charge in [0.2, 0.25) is 0 Å². The largest absolute Gasteiger partial charge is 0.278 e. The second kappa shape index (κ2) is 9.13. The van der Waals surface area contributed by atoms with Crippen LogP contribution in [0.25, 0.3) is 16.9 Å². The van der Waals surface area contributed by atoms with Crippen LogP contribution in [0.4, 0.5) is 0 Å². The zero-order valence-electron chi connectivity index (χ0n) is 15.8. The Hall–Kier alpha value is -3.12. The zero-order chi connectivity index (χ0) is 20.9. The van der Waals surface area contributed by atoms with E-state index in [2.05, 4.69) is 10.6 Å². The number of rotatable bonds is 6. The van der Waals surface area contributed by atoms with Crippen molar-refractivity contribution in [2.75, 3.05) is 0 Å². The second-order valence-corrected chi connectivity index (χ2v) is 7.34. The summed E-state index contributed by atoms with van der Waals surface area (Å²) in [5.74, 6) is -0.402. The highest BCUT2D eigenvalue weighted by Crippen LogP contribution is 2.24. The zero-order valence-corrected chi connectivity index (χ0v) is 17.3. The fraction of sp³-hybridized carbons (Fsp3) is 0.0435. The number of halogens is 2. The van der Waals surface area contributed by atoms with Gasteiger partial charge in [0, 0.05) is 21.8 Å². The first-order chi connectivity index (χ1) is 14.6. The molecule has 0 saturated heterocycles. The van der Waals surface area contributed by atoms with Crippen LogP contribution < -0.4 is 5.48 Å². The highest BCUT2D eigenvalue weighted by atomic mass is 35.5. The molecule has 3 aromatic carbocycles. The van der Waals surface area contributed by atoms with Crippen LogP contribution in [0.2, 0.25) is 10.0 Å². The molecule has 150 valence electrons. The van der Waals surface area contributed by atoms with Gasteiger partial charge in [-0.15, -0.1) is 0 Å². The number of benzene rings is 3. The number of carbonyl (C=O) groups is 1. The van der Waals surface area contributed by atoms with Gasteiger partial charge in [0.1, 0.15) is 12.3 Å². The molecular weight excluding hydrogens is 421 g/mol. The van der Waals surface area contributed by atoms with Gasteiger partial charge in [0.05, 0.1) is 11.3 Å². The Morgan fingerprint density at radius 3 is 2.37 bits per heavy atom. The summed E-state index contributed by atoms with van der Waals surface area (Å²) in [4.78, 5) is 18.3. The molecule has 0 unspecified atom stereocenters. The van der Waals surface area contributed by atoms with Gasteiger partial charge in [0.25, 0.3) is 5.91 Å². The molecule has 30 heavy (non-hydrogen) atoms. The van der Waals surface area contributed by atoms with E-state index in [1.54, 1.807) is 29.1 Å². The number of nitrogens with one attached hydrogen (secondary N) is 1. The average Bonchev–Trinajstić information content (AvgIpc) is 3.22. The Bertz CT molecular complexity index is 1160. The van der Waals surface area contributed by atoms with Crippen molar-refractivity contribution in [3.05, 3.63) is 106 Å². The van der Waals surface area contributed by atoms with E-state index in [-0.39, 0.29) is 6.61 Å². The molecule has 0 aliphatic carbocycles. The predicted octanol–water partition coefficient (Wildman–Crippen LogP) is 5.71. The first-order valence-corrected chi connectivity index (χ1v) is 9.94. The summed E-state index contributed by atoms with van der Waals surface area (Å²) in [6.07, 6.45) is 1.69. The summed E-state index contributed by atoms with van der Waals surface area (Å²) in [6.45, 7) is 0.106. The molecule has 0 fully saturated rings. The molecule has 0 radical (unpaired) electrons. The van der Waals surface area contributed by atoms with E-state index in [1.807, 2.05) is 60.7 Å². The van der Waals surface area contributed by atoms with Crippen molar-refractivity contribution in [2.24, 2.45) is 0 Å². The van der Waals surface area contributed by atoms with E-state index in [9.17, 15) is 4.79 Å². The molecule has 1 amide bonds. The molecule has 1 aromatic heterocycles. The van der Waals surface area contributed by atoms with Crippen LogP contribution in [0.3, 0.4) is 0 Å². The lowest BCUT2D eigenvalue weighted by molar-refractivity contribution is 0.0234. The molecule has 5 nitrogen and oxygen atoms in total. The number of amides is 1. The molecule has 4 rings (SSSR count). The lowest BCUT2D eigenvalue weighted by Crippen LogP contribution is -2.23. The summed E-state index contributed by atoms with van der Waals surface area (Å²) in [7, 11) is 0. The molecule has 0 spiro atoms. The van der Waals surface area contributed by atoms with Gasteiger partial charge in [0.15, 0.2) is 0 Å². The van der Waals surface area contributed by atoms with Crippen molar-refractivity contribution in [1.82, 2.24) is 15.3 Å². The highest BCUT2D eigenvalue weighted by molar-refractivity contribution is 6.35. The molecule has 0 aliphatic rings. The summed E-state index contributed by atoms with van der Waals surface area (Å²) >= 11 is 12.1. The van der Waals surface area contributed by atoms with Gasteiger partial charge in [-0.25, -0.2) is 10.2 Å². The third kappa shape index (κ3) is 4.54. The van der Waals surface area contributed by atoms with Crippen molar-refractivity contribution in [1.29, 1.82) is 0 Å². The van der Waals surface area contributed by atoms with Gasteiger partial charge < -0.3 is 0 Å². The second-order valence-electron chi connectivity index (χ2n) is 6.49. The maximum atomic E-state index is 12.9. The fourth-order valence-corrected chi connectivity index (χ4v) is 3.40. The smallest absolute Gasteiger partial charge is 0.269 e. The van der Waals surface area contributed by atoms with Crippen molar-refractivity contribution in [3.63, 3.8) is 0 Å². The van der Waals surface area contributed by atoms with E-state index >= 15 is 0 Å². The van der Waals surface area contributed by atoms with E-state index in [4.69, 9.17) is 28.0 Å². The monoisotopic (exact) mass is 437 g/mol. The molecule has 7 heteroatoms. The van der Waals surface area contributed by atoms with Crippen molar-refractivity contribution >= 4 is 29.1 Å². The Morgan fingerprint density at radius 1 is 0.967 bits per heavy atom. The molecule has 1 N–H and O–H groups in total. The van der Waals surface area contributed by atoms with Crippen LogP contribution in [0.5, 0.6) is 0 Å². The normalized spacial score (nSPS) is 10.7. The topological polar surface area (TPSA) is 56.1 Å². The first kappa shape index (κ1) is 20.2. The number of aromatic nitrogens is 2. The van der Waals surface area contributed by atoms with E-state index < -0.39 is 5.91 Å². The Balaban J connectivity index is 1.57. The first-order valence-electron chi connectivity index (χ1n) is 9.18. The van der Waals surface area contributed by atoms with Gasteiger partial charge in [-0.05, 0) is 29.8 Å². The summed E-state index contributed by atoms with van der Waals surface area (Å²) in [5, 5.41) is 5.63. The number of para-hydroxylation sites is 1. The number of nitrogens with zero attached hydrogens (tertiary/aromatic N) is 2. The van der Waals surface area contributed by atoms with Crippen LogP contribution in [0.15, 0.2) is 85.1 Å². The van der Waals surface area contributed by atoms with Gasteiger partial charge >= 0.3 is 0 Å². The lowest BCUT2D eigenvalue weighted by Gasteiger charge is -2.08. The lowest BCUT2D eigenvalue weighted by atomic mass is 10.1. The minimum Gasteiger partial charge on any atom is -0.269 e.